The molecule has 1 aliphatic rings. The molecule has 0 aromatic carbocycles. The Hall–Kier alpha value is -0.660. The van der Waals surface area contributed by atoms with Crippen molar-refractivity contribution in [3.05, 3.63) is 22.4 Å². The number of rotatable bonds is 7. The van der Waals surface area contributed by atoms with Gasteiger partial charge in [-0.05, 0) is 17.4 Å². The number of hydrogen-bond donors (Lipinski definition) is 2. The monoisotopic (exact) mass is 361 g/mol. The largest absolute Gasteiger partial charge is 0.379 e. The van der Waals surface area contributed by atoms with Crippen molar-refractivity contribution >= 4 is 29.7 Å². The molecule has 7 heteroatoms. The molecule has 23 heavy (non-hydrogen) atoms. The molecule has 3 N–H and O–H groups in total. The van der Waals surface area contributed by atoms with Crippen LogP contribution in [-0.4, -0.2) is 49.7 Å². The fourth-order valence-electron chi connectivity index (χ4n) is 2.61. The van der Waals surface area contributed by atoms with Gasteiger partial charge in [-0.25, -0.2) is 0 Å². The highest BCUT2D eigenvalue weighted by Gasteiger charge is 2.25. The van der Waals surface area contributed by atoms with Gasteiger partial charge in [0.2, 0.25) is 5.91 Å². The highest BCUT2D eigenvalue weighted by Crippen LogP contribution is 2.25. The second kappa shape index (κ2) is 10.3. The summed E-state index contributed by atoms with van der Waals surface area (Å²) < 4.78 is 5.43. The number of thiophene rings is 1. The van der Waals surface area contributed by atoms with Gasteiger partial charge in [-0.2, -0.15) is 0 Å². The third-order valence-corrected chi connectivity index (χ3v) is 5.36. The van der Waals surface area contributed by atoms with Crippen LogP contribution in [0.5, 0.6) is 0 Å². The zero-order valence-electron chi connectivity index (χ0n) is 13.9. The first-order chi connectivity index (χ1) is 10.6. The molecule has 1 saturated heterocycles. The molecule has 1 aromatic heterocycles. The number of morpholine rings is 1. The van der Waals surface area contributed by atoms with Gasteiger partial charge in [-0.1, -0.05) is 26.3 Å². The average molecular weight is 362 g/mol. The Labute approximate surface area is 149 Å². The van der Waals surface area contributed by atoms with Crippen LogP contribution in [-0.2, 0) is 9.53 Å². The van der Waals surface area contributed by atoms with E-state index in [2.05, 4.69) is 34.7 Å². The molecular weight excluding hydrogens is 334 g/mol. The van der Waals surface area contributed by atoms with Crippen LogP contribution in [0.15, 0.2) is 17.5 Å². The minimum absolute atomic E-state index is 0. The molecule has 2 heterocycles. The average Bonchev–Trinajstić information content (AvgIpc) is 3.08. The van der Waals surface area contributed by atoms with Crippen LogP contribution >= 0.6 is 23.7 Å². The van der Waals surface area contributed by atoms with Crippen molar-refractivity contribution in [3.8, 4) is 0 Å². The zero-order chi connectivity index (χ0) is 15.9. The van der Waals surface area contributed by atoms with E-state index in [0.29, 0.717) is 6.54 Å². The lowest BCUT2D eigenvalue weighted by atomic mass is 9.99. The molecule has 3 unspecified atom stereocenters. The lowest BCUT2D eigenvalue weighted by molar-refractivity contribution is -0.123. The van der Waals surface area contributed by atoms with Crippen molar-refractivity contribution in [1.82, 2.24) is 10.2 Å². The Balaban J connectivity index is 0.00000264. The van der Waals surface area contributed by atoms with E-state index in [1.165, 1.54) is 4.88 Å². The number of carbonyl (C=O) groups excluding carboxylic acids is 1. The second-order valence-electron chi connectivity index (χ2n) is 5.84. The van der Waals surface area contributed by atoms with Gasteiger partial charge in [0.05, 0.1) is 25.3 Å². The summed E-state index contributed by atoms with van der Waals surface area (Å²) in [5.74, 6) is 0.146. The Bertz CT molecular complexity index is 452. The molecule has 0 bridgehead atoms. The van der Waals surface area contributed by atoms with Crippen LogP contribution < -0.4 is 11.1 Å². The maximum atomic E-state index is 12.2. The number of carbonyl (C=O) groups is 1. The Morgan fingerprint density at radius 1 is 1.48 bits per heavy atom. The van der Waals surface area contributed by atoms with E-state index in [4.69, 9.17) is 10.5 Å². The maximum Gasteiger partial charge on any atom is 0.237 e. The summed E-state index contributed by atoms with van der Waals surface area (Å²) in [6.07, 6.45) is 0.909. The van der Waals surface area contributed by atoms with Gasteiger partial charge < -0.3 is 15.8 Å². The zero-order valence-corrected chi connectivity index (χ0v) is 15.5. The molecule has 0 aliphatic carbocycles. The van der Waals surface area contributed by atoms with Crippen LogP contribution in [0.2, 0.25) is 0 Å². The fourth-order valence-corrected chi connectivity index (χ4v) is 3.47. The van der Waals surface area contributed by atoms with Gasteiger partial charge in [0.1, 0.15) is 0 Å². The lowest BCUT2D eigenvalue weighted by Gasteiger charge is -2.34. The van der Waals surface area contributed by atoms with Gasteiger partial charge in [0.15, 0.2) is 0 Å². The summed E-state index contributed by atoms with van der Waals surface area (Å²) in [6, 6.07) is 3.96. The molecule has 5 nitrogen and oxygen atoms in total. The predicted octanol–water partition coefficient (Wildman–Crippen LogP) is 2.03. The van der Waals surface area contributed by atoms with E-state index in [9.17, 15) is 4.79 Å². The number of nitrogens with two attached hydrogens (primary N) is 1. The Morgan fingerprint density at radius 3 is 2.74 bits per heavy atom. The molecular formula is C16H28ClN3O2S. The number of nitrogens with zero attached hydrogens (tertiary/aromatic N) is 1. The van der Waals surface area contributed by atoms with E-state index in [1.807, 2.05) is 6.92 Å². The molecule has 0 saturated carbocycles. The van der Waals surface area contributed by atoms with E-state index < -0.39 is 6.04 Å². The summed E-state index contributed by atoms with van der Waals surface area (Å²) in [5.41, 5.74) is 6.01. The van der Waals surface area contributed by atoms with E-state index in [1.54, 1.807) is 11.3 Å². The molecule has 1 aliphatic heterocycles. The molecule has 0 radical (unpaired) electrons. The van der Waals surface area contributed by atoms with Crippen LogP contribution in [0.25, 0.3) is 0 Å². The number of nitrogens with one attached hydrogen (secondary N) is 1. The standard InChI is InChI=1S/C16H27N3O2S.ClH/c1-3-12(2)15(17)16(20)18-11-13(14-5-4-10-22-14)19-6-8-21-9-7-19;/h4-5,10,12-13,15H,3,6-9,11,17H2,1-2H3,(H,18,20);1H. The fraction of sp³-hybridized carbons (Fsp3) is 0.688. The first kappa shape index (κ1) is 20.4. The van der Waals surface area contributed by atoms with Crippen molar-refractivity contribution in [2.24, 2.45) is 11.7 Å². The van der Waals surface area contributed by atoms with E-state index in [-0.39, 0.29) is 30.3 Å². The van der Waals surface area contributed by atoms with Crippen LogP contribution in [0.4, 0.5) is 0 Å². The molecule has 2 rings (SSSR count). The highest BCUT2D eigenvalue weighted by atomic mass is 35.5. The van der Waals surface area contributed by atoms with Crippen molar-refractivity contribution in [2.75, 3.05) is 32.8 Å². The topological polar surface area (TPSA) is 67.6 Å². The van der Waals surface area contributed by atoms with Gasteiger partial charge in [-0.15, -0.1) is 23.7 Å². The van der Waals surface area contributed by atoms with Crippen molar-refractivity contribution in [3.63, 3.8) is 0 Å². The van der Waals surface area contributed by atoms with Crippen molar-refractivity contribution in [1.29, 1.82) is 0 Å². The van der Waals surface area contributed by atoms with Gasteiger partial charge in [-0.3, -0.25) is 9.69 Å². The van der Waals surface area contributed by atoms with Crippen molar-refractivity contribution < 1.29 is 9.53 Å². The molecule has 3 atom stereocenters. The Kier molecular flexibility index (Phi) is 9.09. The predicted molar refractivity (Wildman–Crippen MR) is 97.1 cm³/mol. The quantitative estimate of drug-likeness (QED) is 0.779. The van der Waals surface area contributed by atoms with E-state index in [0.717, 1.165) is 32.7 Å². The minimum atomic E-state index is -0.432. The lowest BCUT2D eigenvalue weighted by Crippen LogP contribution is -2.48. The first-order valence-corrected chi connectivity index (χ1v) is 8.90. The molecule has 0 spiro atoms. The molecule has 132 valence electrons. The van der Waals surface area contributed by atoms with Gasteiger partial charge >= 0.3 is 0 Å². The number of halogens is 1. The summed E-state index contributed by atoms with van der Waals surface area (Å²) in [6.45, 7) is 7.97. The minimum Gasteiger partial charge on any atom is -0.379 e. The first-order valence-electron chi connectivity index (χ1n) is 8.02. The number of ether oxygens (including phenoxy) is 1. The van der Waals surface area contributed by atoms with Gasteiger partial charge in [0, 0.05) is 24.5 Å². The Morgan fingerprint density at radius 2 is 2.17 bits per heavy atom. The third-order valence-electron chi connectivity index (χ3n) is 4.39. The summed E-state index contributed by atoms with van der Waals surface area (Å²) in [7, 11) is 0. The smallest absolute Gasteiger partial charge is 0.237 e. The van der Waals surface area contributed by atoms with Gasteiger partial charge in [0.25, 0.3) is 0 Å². The molecule has 1 aromatic rings. The van der Waals surface area contributed by atoms with Crippen molar-refractivity contribution in [2.45, 2.75) is 32.4 Å². The second-order valence-corrected chi connectivity index (χ2v) is 6.82. The number of amides is 1. The van der Waals surface area contributed by atoms with Crippen LogP contribution in [0.1, 0.15) is 31.2 Å². The summed E-state index contributed by atoms with van der Waals surface area (Å²) in [5, 5.41) is 5.12. The highest BCUT2D eigenvalue weighted by molar-refractivity contribution is 7.10. The third kappa shape index (κ3) is 5.72. The van der Waals surface area contributed by atoms with Crippen LogP contribution in [0.3, 0.4) is 0 Å². The maximum absolute atomic E-state index is 12.2. The molecule has 1 amide bonds. The van der Waals surface area contributed by atoms with Crippen LogP contribution in [0, 0.1) is 5.92 Å². The normalized spacial score (nSPS) is 19.4. The summed E-state index contributed by atoms with van der Waals surface area (Å²) >= 11 is 1.73. The number of hydrogen-bond acceptors (Lipinski definition) is 5. The summed E-state index contributed by atoms with van der Waals surface area (Å²) in [4.78, 5) is 15.9. The molecule has 1 fully saturated rings. The SMILES string of the molecule is CCC(C)C(N)C(=O)NCC(c1cccs1)N1CCOCC1.Cl. The van der Waals surface area contributed by atoms with E-state index >= 15 is 0 Å².